The topological polar surface area (TPSA) is 103 Å². The molecule has 33 heavy (non-hydrogen) atoms. The lowest BCUT2D eigenvalue weighted by atomic mass is 10.1. The number of hydrogen-bond donors (Lipinski definition) is 1. The number of hydrogen-bond acceptors (Lipinski definition) is 6. The molecule has 0 amide bonds. The van der Waals surface area contributed by atoms with Crippen LogP contribution >= 0.6 is 0 Å². The van der Waals surface area contributed by atoms with E-state index in [1.807, 2.05) is 35.9 Å². The summed E-state index contributed by atoms with van der Waals surface area (Å²) in [5, 5.41) is 8.98. The van der Waals surface area contributed by atoms with Gasteiger partial charge in [0.1, 0.15) is 5.82 Å². The highest BCUT2D eigenvalue weighted by Crippen LogP contribution is 2.15. The first-order valence-corrected chi connectivity index (χ1v) is 11.6. The third-order valence-corrected chi connectivity index (χ3v) is 6.38. The van der Waals surface area contributed by atoms with Crippen molar-refractivity contribution >= 4 is 11.2 Å². The van der Waals surface area contributed by atoms with E-state index in [0.717, 1.165) is 57.8 Å². The van der Waals surface area contributed by atoms with Crippen LogP contribution in [-0.4, -0.2) is 55.1 Å². The maximum absolute atomic E-state index is 12.5. The van der Waals surface area contributed by atoms with E-state index in [9.17, 15) is 9.59 Å². The van der Waals surface area contributed by atoms with Gasteiger partial charge in [-0.15, -0.1) is 0 Å². The molecular weight excluding hydrogens is 418 g/mol. The normalized spacial score (nSPS) is 15.5. The molecule has 0 aliphatic carbocycles. The minimum atomic E-state index is -0.390. The summed E-state index contributed by atoms with van der Waals surface area (Å²) in [6.07, 6.45) is 2.86. The predicted molar refractivity (Wildman–Crippen MR) is 127 cm³/mol. The smallest absolute Gasteiger partial charge is 0.324 e. The Morgan fingerprint density at radius 3 is 2.42 bits per heavy atom. The Labute approximate surface area is 192 Å². The number of benzene rings is 1. The summed E-state index contributed by atoms with van der Waals surface area (Å²) in [7, 11) is 1.85. The van der Waals surface area contributed by atoms with Crippen LogP contribution in [0, 0.1) is 11.3 Å². The summed E-state index contributed by atoms with van der Waals surface area (Å²) < 4.78 is 3.42. The van der Waals surface area contributed by atoms with Crippen molar-refractivity contribution in [2.45, 2.75) is 45.8 Å². The van der Waals surface area contributed by atoms with Gasteiger partial charge >= 0.3 is 5.69 Å². The van der Waals surface area contributed by atoms with Crippen LogP contribution in [-0.2, 0) is 26.7 Å². The molecule has 9 heteroatoms. The summed E-state index contributed by atoms with van der Waals surface area (Å²) in [4.78, 5) is 36.8. The van der Waals surface area contributed by atoms with Gasteiger partial charge in [-0.2, -0.15) is 5.26 Å². The van der Waals surface area contributed by atoms with Gasteiger partial charge in [0.2, 0.25) is 0 Å². The minimum Gasteiger partial charge on any atom is -0.324 e. The molecule has 0 bridgehead atoms. The maximum atomic E-state index is 12.5. The standard InChI is InChI=1S/C24H31N7O2/c1-3-4-12-31-22-21(23(32)27-24(31)33)28(2)20(26-22)17-30-11-5-10-29(13-14-30)16-19-8-6-18(15-25)7-9-19/h6-9H,3-5,10-14,16-17H2,1-2H3,(H,27,32,33). The average Bonchev–Trinajstić information content (AvgIpc) is 2.97. The lowest BCUT2D eigenvalue weighted by Crippen LogP contribution is -2.31. The van der Waals surface area contributed by atoms with Gasteiger partial charge in [-0.1, -0.05) is 25.5 Å². The van der Waals surface area contributed by atoms with Crippen LogP contribution in [0.2, 0.25) is 0 Å². The molecule has 3 aromatic rings. The number of nitrogens with one attached hydrogen (secondary N) is 1. The third kappa shape index (κ3) is 5.07. The van der Waals surface area contributed by atoms with Crippen molar-refractivity contribution in [1.29, 1.82) is 5.26 Å². The summed E-state index contributed by atoms with van der Waals surface area (Å²) in [5.74, 6) is 0.798. The van der Waals surface area contributed by atoms with Gasteiger partial charge in [0, 0.05) is 33.2 Å². The van der Waals surface area contributed by atoms with Gasteiger partial charge in [0.15, 0.2) is 11.2 Å². The van der Waals surface area contributed by atoms with Crippen LogP contribution in [0.15, 0.2) is 33.9 Å². The van der Waals surface area contributed by atoms with E-state index >= 15 is 0 Å². The van der Waals surface area contributed by atoms with Crippen LogP contribution in [0.1, 0.15) is 43.1 Å². The Hall–Kier alpha value is -3.22. The van der Waals surface area contributed by atoms with E-state index in [-0.39, 0.29) is 11.2 Å². The van der Waals surface area contributed by atoms with E-state index in [1.165, 1.54) is 5.56 Å². The molecule has 1 saturated heterocycles. The molecular formula is C24H31N7O2. The second-order valence-corrected chi connectivity index (χ2v) is 8.74. The first kappa shape index (κ1) is 23.0. The molecule has 0 spiro atoms. The van der Waals surface area contributed by atoms with Crippen LogP contribution in [0.25, 0.3) is 11.2 Å². The monoisotopic (exact) mass is 449 g/mol. The fourth-order valence-corrected chi connectivity index (χ4v) is 4.44. The minimum absolute atomic E-state index is 0.381. The van der Waals surface area contributed by atoms with Gasteiger partial charge in [-0.05, 0) is 43.6 Å². The van der Waals surface area contributed by atoms with Gasteiger partial charge in [0.05, 0.1) is 18.2 Å². The Balaban J connectivity index is 1.47. The highest BCUT2D eigenvalue weighted by atomic mass is 16.2. The second kappa shape index (κ2) is 10.1. The lowest BCUT2D eigenvalue weighted by Gasteiger charge is -2.21. The van der Waals surface area contributed by atoms with E-state index in [2.05, 4.69) is 27.8 Å². The summed E-state index contributed by atoms with van der Waals surface area (Å²) >= 11 is 0. The van der Waals surface area contributed by atoms with Crippen molar-refractivity contribution in [2.24, 2.45) is 7.05 Å². The van der Waals surface area contributed by atoms with Crippen molar-refractivity contribution in [3.05, 3.63) is 62.1 Å². The first-order chi connectivity index (χ1) is 16.0. The van der Waals surface area contributed by atoms with Gasteiger partial charge in [-0.25, -0.2) is 9.78 Å². The number of aromatic nitrogens is 4. The van der Waals surface area contributed by atoms with Crippen LogP contribution in [0.5, 0.6) is 0 Å². The Kier molecular flexibility index (Phi) is 7.06. The quantitative estimate of drug-likeness (QED) is 0.590. The molecule has 0 radical (unpaired) electrons. The zero-order valence-corrected chi connectivity index (χ0v) is 19.4. The molecule has 1 aliphatic rings. The molecule has 1 fully saturated rings. The summed E-state index contributed by atoms with van der Waals surface area (Å²) in [6, 6.07) is 9.95. The zero-order valence-electron chi connectivity index (χ0n) is 19.4. The number of rotatable bonds is 7. The largest absolute Gasteiger partial charge is 0.330 e. The van der Waals surface area contributed by atoms with E-state index in [4.69, 9.17) is 10.2 Å². The number of H-pyrrole nitrogens is 1. The third-order valence-electron chi connectivity index (χ3n) is 6.38. The molecule has 174 valence electrons. The Morgan fingerprint density at radius 1 is 1.06 bits per heavy atom. The summed E-state index contributed by atoms with van der Waals surface area (Å²) in [6.45, 7) is 7.92. The fraction of sp³-hybridized carbons (Fsp3) is 0.500. The van der Waals surface area contributed by atoms with Crippen molar-refractivity contribution in [1.82, 2.24) is 28.9 Å². The number of unbranched alkanes of at least 4 members (excludes halogenated alkanes) is 1. The van der Waals surface area contributed by atoms with Crippen molar-refractivity contribution < 1.29 is 0 Å². The number of nitriles is 1. The zero-order chi connectivity index (χ0) is 23.4. The molecule has 9 nitrogen and oxygen atoms in total. The van der Waals surface area contributed by atoms with Gasteiger partial charge < -0.3 is 4.57 Å². The Morgan fingerprint density at radius 2 is 1.76 bits per heavy atom. The van der Waals surface area contributed by atoms with Crippen molar-refractivity contribution in [3.63, 3.8) is 0 Å². The molecule has 1 aliphatic heterocycles. The first-order valence-electron chi connectivity index (χ1n) is 11.6. The van der Waals surface area contributed by atoms with Gasteiger partial charge in [0.25, 0.3) is 5.56 Å². The average molecular weight is 450 g/mol. The molecule has 0 unspecified atom stereocenters. The molecule has 1 N–H and O–H groups in total. The van der Waals surface area contributed by atoms with E-state index in [1.54, 1.807) is 4.57 Å². The predicted octanol–water partition coefficient (Wildman–Crippen LogP) is 1.80. The highest BCUT2D eigenvalue weighted by Gasteiger charge is 2.20. The SMILES string of the molecule is CCCCn1c(=O)[nH]c(=O)c2c1nc(CN1CCCN(Cc3ccc(C#N)cc3)CC1)n2C. The Bertz CT molecular complexity index is 1260. The number of imidazole rings is 1. The lowest BCUT2D eigenvalue weighted by molar-refractivity contribution is 0.242. The van der Waals surface area contributed by atoms with Crippen LogP contribution in [0.4, 0.5) is 0 Å². The molecule has 2 aromatic heterocycles. The maximum Gasteiger partial charge on any atom is 0.330 e. The number of aromatic amines is 1. The fourth-order valence-electron chi connectivity index (χ4n) is 4.44. The number of aryl methyl sites for hydroxylation is 2. The van der Waals surface area contributed by atoms with Crippen molar-refractivity contribution in [2.75, 3.05) is 26.2 Å². The molecule has 3 heterocycles. The number of fused-ring (bicyclic) bond motifs is 1. The molecule has 1 aromatic carbocycles. The van der Waals surface area contributed by atoms with Crippen LogP contribution in [0.3, 0.4) is 0 Å². The second-order valence-electron chi connectivity index (χ2n) is 8.74. The highest BCUT2D eigenvalue weighted by molar-refractivity contribution is 5.70. The molecule has 0 saturated carbocycles. The molecule has 4 rings (SSSR count). The van der Waals surface area contributed by atoms with E-state index < -0.39 is 0 Å². The van der Waals surface area contributed by atoms with Crippen molar-refractivity contribution in [3.8, 4) is 6.07 Å². The molecule has 0 atom stereocenters. The van der Waals surface area contributed by atoms with E-state index in [0.29, 0.717) is 29.8 Å². The van der Waals surface area contributed by atoms with Crippen LogP contribution < -0.4 is 11.2 Å². The van der Waals surface area contributed by atoms with Gasteiger partial charge in [-0.3, -0.25) is 24.1 Å². The summed E-state index contributed by atoms with van der Waals surface area (Å²) in [5.41, 5.74) is 2.06. The number of nitrogens with zero attached hydrogens (tertiary/aromatic N) is 6.